The average Bonchev–Trinajstić information content (AvgIpc) is 2.93. The molecule has 1 aliphatic carbocycles. The largest absolute Gasteiger partial charge is 0.350 e. The Morgan fingerprint density at radius 3 is 2.22 bits per heavy atom. The van der Waals surface area contributed by atoms with E-state index >= 15 is 0 Å². The number of hydrogen-bond acceptors (Lipinski definition) is 4. The van der Waals surface area contributed by atoms with Crippen LogP contribution in [0.25, 0.3) is 0 Å². The molecule has 8 heteroatoms. The van der Waals surface area contributed by atoms with Crippen LogP contribution in [0.3, 0.4) is 0 Å². The van der Waals surface area contributed by atoms with Crippen molar-refractivity contribution < 1.29 is 13.2 Å². The molecule has 1 saturated carbocycles. The maximum Gasteiger partial charge on any atom is 0.242 e. The van der Waals surface area contributed by atoms with E-state index in [4.69, 9.17) is 5.73 Å². The van der Waals surface area contributed by atoms with Crippen molar-refractivity contribution >= 4 is 28.3 Å². The second-order valence-corrected chi connectivity index (χ2v) is 8.13. The van der Waals surface area contributed by atoms with Gasteiger partial charge in [0.1, 0.15) is 0 Å². The maximum atomic E-state index is 12.1. The zero-order valence-corrected chi connectivity index (χ0v) is 15.0. The van der Waals surface area contributed by atoms with Crippen molar-refractivity contribution in [2.75, 3.05) is 14.1 Å². The third kappa shape index (κ3) is 4.44. The van der Waals surface area contributed by atoms with Crippen molar-refractivity contribution in [3.63, 3.8) is 0 Å². The minimum atomic E-state index is -3.42. The van der Waals surface area contributed by atoms with Crippen molar-refractivity contribution in [1.29, 1.82) is 0 Å². The summed E-state index contributed by atoms with van der Waals surface area (Å²) in [6, 6.07) is 6.50. The van der Waals surface area contributed by atoms with Crippen molar-refractivity contribution in [1.82, 2.24) is 9.62 Å². The number of carbonyl (C=O) groups excluding carboxylic acids is 1. The van der Waals surface area contributed by atoms with Crippen LogP contribution in [0.1, 0.15) is 31.2 Å². The Hall–Kier alpha value is -1.15. The third-order valence-electron chi connectivity index (χ3n) is 4.10. The van der Waals surface area contributed by atoms with Crippen molar-refractivity contribution in [3.05, 3.63) is 29.8 Å². The predicted octanol–water partition coefficient (Wildman–Crippen LogP) is 1.25. The van der Waals surface area contributed by atoms with Crippen LogP contribution in [-0.2, 0) is 21.4 Å². The highest BCUT2D eigenvalue weighted by Crippen LogP contribution is 2.27. The SMILES string of the molecule is CN(C)S(=O)(=O)c1ccc(CNC(=O)C2(N)CCCC2)cc1.Cl. The molecule has 3 N–H and O–H groups in total. The van der Waals surface area contributed by atoms with Gasteiger partial charge in [0.2, 0.25) is 15.9 Å². The van der Waals surface area contributed by atoms with Gasteiger partial charge in [0.05, 0.1) is 10.4 Å². The van der Waals surface area contributed by atoms with Gasteiger partial charge in [-0.05, 0) is 30.5 Å². The summed E-state index contributed by atoms with van der Waals surface area (Å²) < 4.78 is 25.1. The molecule has 0 bridgehead atoms. The van der Waals surface area contributed by atoms with Gasteiger partial charge in [-0.25, -0.2) is 12.7 Å². The molecule has 2 rings (SSSR count). The van der Waals surface area contributed by atoms with E-state index in [1.54, 1.807) is 24.3 Å². The van der Waals surface area contributed by atoms with E-state index in [0.717, 1.165) is 31.2 Å². The molecule has 1 aromatic rings. The first-order chi connectivity index (χ1) is 10.3. The van der Waals surface area contributed by atoms with E-state index in [9.17, 15) is 13.2 Å². The number of nitrogens with zero attached hydrogens (tertiary/aromatic N) is 1. The molecule has 0 radical (unpaired) electrons. The standard InChI is InChI=1S/C15H23N3O3S.ClH/c1-18(2)22(20,21)13-7-5-12(6-8-13)11-17-14(19)15(16)9-3-4-10-15;/h5-8H,3-4,9-11,16H2,1-2H3,(H,17,19);1H. The second kappa shape index (κ2) is 7.61. The Bertz CT molecular complexity index is 638. The molecule has 6 nitrogen and oxygen atoms in total. The van der Waals surface area contributed by atoms with Crippen LogP contribution in [0.15, 0.2) is 29.2 Å². The lowest BCUT2D eigenvalue weighted by atomic mass is 9.98. The smallest absolute Gasteiger partial charge is 0.242 e. The Morgan fingerprint density at radius 2 is 1.74 bits per heavy atom. The molecule has 0 spiro atoms. The van der Waals surface area contributed by atoms with Crippen molar-refractivity contribution in [2.45, 2.75) is 42.7 Å². The fourth-order valence-electron chi connectivity index (χ4n) is 2.58. The summed E-state index contributed by atoms with van der Waals surface area (Å²) in [5.74, 6) is -0.130. The number of hydrogen-bond donors (Lipinski definition) is 2. The van der Waals surface area contributed by atoms with Gasteiger partial charge in [0, 0.05) is 20.6 Å². The Balaban J connectivity index is 0.00000264. The van der Waals surface area contributed by atoms with E-state index in [2.05, 4.69) is 5.32 Å². The number of halogens is 1. The molecule has 1 aliphatic rings. The molecule has 0 saturated heterocycles. The Kier molecular flexibility index (Phi) is 6.59. The lowest BCUT2D eigenvalue weighted by Gasteiger charge is -2.22. The van der Waals surface area contributed by atoms with Crippen LogP contribution in [-0.4, -0.2) is 38.3 Å². The maximum absolute atomic E-state index is 12.1. The quantitative estimate of drug-likeness (QED) is 0.825. The molecular formula is C15H24ClN3O3S. The summed E-state index contributed by atoms with van der Waals surface area (Å²) in [6.07, 6.45) is 3.42. The lowest BCUT2D eigenvalue weighted by Crippen LogP contribution is -2.51. The summed E-state index contributed by atoms with van der Waals surface area (Å²) in [4.78, 5) is 12.4. The van der Waals surface area contributed by atoms with Crippen LogP contribution in [0.4, 0.5) is 0 Å². The van der Waals surface area contributed by atoms with Crippen LogP contribution < -0.4 is 11.1 Å². The third-order valence-corrected chi connectivity index (χ3v) is 5.93. The highest BCUT2D eigenvalue weighted by molar-refractivity contribution is 7.89. The molecule has 1 amide bonds. The van der Waals surface area contributed by atoms with Gasteiger partial charge in [0.15, 0.2) is 0 Å². The average molecular weight is 362 g/mol. The number of carbonyl (C=O) groups is 1. The normalized spacial score (nSPS) is 16.9. The molecule has 130 valence electrons. The van der Waals surface area contributed by atoms with Gasteiger partial charge in [-0.3, -0.25) is 4.79 Å². The summed E-state index contributed by atoms with van der Waals surface area (Å²) in [5, 5.41) is 2.84. The predicted molar refractivity (Wildman–Crippen MR) is 91.8 cm³/mol. The molecule has 1 fully saturated rings. The van der Waals surface area contributed by atoms with Gasteiger partial charge in [-0.2, -0.15) is 0 Å². The highest BCUT2D eigenvalue weighted by Gasteiger charge is 2.36. The highest BCUT2D eigenvalue weighted by atomic mass is 35.5. The zero-order chi connectivity index (χ0) is 16.4. The molecule has 1 aromatic carbocycles. The minimum Gasteiger partial charge on any atom is -0.350 e. The van der Waals surface area contributed by atoms with Crippen LogP contribution in [0.2, 0.25) is 0 Å². The van der Waals surface area contributed by atoms with Gasteiger partial charge in [-0.1, -0.05) is 25.0 Å². The van der Waals surface area contributed by atoms with Gasteiger partial charge in [0.25, 0.3) is 0 Å². The fraction of sp³-hybridized carbons (Fsp3) is 0.533. The van der Waals surface area contributed by atoms with Gasteiger partial charge < -0.3 is 11.1 Å². The first kappa shape index (κ1) is 19.9. The summed E-state index contributed by atoms with van der Waals surface area (Å²) in [5.41, 5.74) is 6.18. The Labute approximate surface area is 143 Å². The van der Waals surface area contributed by atoms with E-state index in [0.29, 0.717) is 6.54 Å². The lowest BCUT2D eigenvalue weighted by molar-refractivity contribution is -0.126. The molecule has 0 atom stereocenters. The van der Waals surface area contributed by atoms with E-state index in [1.807, 2.05) is 0 Å². The molecule has 0 aliphatic heterocycles. The topological polar surface area (TPSA) is 92.5 Å². The fourth-order valence-corrected chi connectivity index (χ4v) is 3.48. The monoisotopic (exact) mass is 361 g/mol. The number of amides is 1. The number of nitrogens with one attached hydrogen (secondary N) is 1. The molecule has 0 aromatic heterocycles. The summed E-state index contributed by atoms with van der Waals surface area (Å²) in [6.45, 7) is 0.347. The molecule has 0 heterocycles. The second-order valence-electron chi connectivity index (χ2n) is 5.98. The first-order valence-electron chi connectivity index (χ1n) is 7.34. The van der Waals surface area contributed by atoms with Crippen LogP contribution in [0.5, 0.6) is 0 Å². The van der Waals surface area contributed by atoms with E-state index < -0.39 is 15.6 Å². The van der Waals surface area contributed by atoms with Crippen molar-refractivity contribution in [3.8, 4) is 0 Å². The van der Waals surface area contributed by atoms with Gasteiger partial charge in [-0.15, -0.1) is 12.4 Å². The van der Waals surface area contributed by atoms with E-state index in [1.165, 1.54) is 18.4 Å². The minimum absolute atomic E-state index is 0. The summed E-state index contributed by atoms with van der Waals surface area (Å²) >= 11 is 0. The number of sulfonamides is 1. The van der Waals surface area contributed by atoms with E-state index in [-0.39, 0.29) is 23.2 Å². The summed E-state index contributed by atoms with van der Waals surface area (Å²) in [7, 11) is -0.438. The zero-order valence-electron chi connectivity index (χ0n) is 13.4. The van der Waals surface area contributed by atoms with Crippen LogP contribution in [0, 0.1) is 0 Å². The molecule has 0 unspecified atom stereocenters. The van der Waals surface area contributed by atoms with Crippen molar-refractivity contribution in [2.24, 2.45) is 5.73 Å². The molecular weight excluding hydrogens is 338 g/mol. The van der Waals surface area contributed by atoms with Gasteiger partial charge >= 0.3 is 0 Å². The number of nitrogens with two attached hydrogens (primary N) is 1. The molecule has 23 heavy (non-hydrogen) atoms. The first-order valence-corrected chi connectivity index (χ1v) is 8.78. The number of rotatable bonds is 5. The number of benzene rings is 1. The Morgan fingerprint density at radius 1 is 1.22 bits per heavy atom. The van der Waals surface area contributed by atoms with Crippen LogP contribution >= 0.6 is 12.4 Å².